The average molecular weight is 1490 g/mol. The minimum absolute atomic E-state index is 0.0125. The number of anilines is 2. The van der Waals surface area contributed by atoms with Crippen LogP contribution in [-0.2, 0) is 92.8 Å². The third kappa shape index (κ3) is 22.5. The van der Waals surface area contributed by atoms with Crippen LogP contribution in [0.1, 0.15) is 87.0 Å². The number of H-pyrrole nitrogens is 1. The first-order valence-corrected chi connectivity index (χ1v) is 37.9. The molecule has 548 valence electrons. The van der Waals surface area contributed by atoms with E-state index in [9.17, 15) is 52.6 Å². The summed E-state index contributed by atoms with van der Waals surface area (Å²) in [6.45, 7) is -2.83. The van der Waals surface area contributed by atoms with Gasteiger partial charge in [-0.25, -0.2) is 28.9 Å². The van der Waals surface area contributed by atoms with Gasteiger partial charge in [0.05, 0.1) is 71.9 Å². The van der Waals surface area contributed by atoms with Crippen LogP contribution in [-0.4, -0.2) is 208 Å². The van der Waals surface area contributed by atoms with Crippen LogP contribution in [0.25, 0.3) is 11.2 Å². The van der Waals surface area contributed by atoms with Crippen molar-refractivity contribution in [2.75, 3.05) is 90.3 Å². The van der Waals surface area contributed by atoms with Crippen molar-refractivity contribution in [3.63, 3.8) is 0 Å². The lowest BCUT2D eigenvalue weighted by Gasteiger charge is -2.26. The highest BCUT2D eigenvalue weighted by molar-refractivity contribution is 8.44. The van der Waals surface area contributed by atoms with Crippen LogP contribution < -0.4 is 31.6 Å². The fourth-order valence-corrected chi connectivity index (χ4v) is 14.2. The monoisotopic (exact) mass is 1480 g/mol. The number of amides is 7. The first-order valence-electron chi connectivity index (χ1n) is 32.6. The molecule has 2 saturated heterocycles. The fraction of sp³-hybridized carbons (Fsp3) is 0.524. The molecule has 7 amide bonds. The van der Waals surface area contributed by atoms with E-state index in [2.05, 4.69) is 70.7 Å². The summed E-state index contributed by atoms with van der Waals surface area (Å²) in [5, 5.41) is 22.5. The van der Waals surface area contributed by atoms with Gasteiger partial charge in [-0.1, -0.05) is 75.1 Å². The van der Waals surface area contributed by atoms with Gasteiger partial charge in [-0.2, -0.15) is 4.98 Å². The number of aromatic amines is 1. The van der Waals surface area contributed by atoms with Gasteiger partial charge in [-0.05, 0) is 61.4 Å². The van der Waals surface area contributed by atoms with E-state index >= 15 is 0 Å². The quantitative estimate of drug-likeness (QED) is 0.0117. The second kappa shape index (κ2) is 37.1. The number of ether oxygens (including phenoxy) is 7. The molecule has 1 aliphatic carbocycles. The number of rotatable bonds is 33. The van der Waals surface area contributed by atoms with E-state index in [0.29, 0.717) is 62.5 Å². The molecule has 2 bridgehead atoms. The Morgan fingerprint density at radius 2 is 1.50 bits per heavy atom. The van der Waals surface area contributed by atoms with E-state index in [1.165, 1.54) is 47.1 Å². The molecule has 38 heteroatoms. The number of aliphatic hydroxyl groups excluding tert-OH is 1. The maximum atomic E-state index is 14.4. The van der Waals surface area contributed by atoms with Crippen molar-refractivity contribution in [2.45, 2.75) is 121 Å². The van der Waals surface area contributed by atoms with E-state index in [1.807, 2.05) is 0 Å². The number of carbonyl (C=O) groups is 7. The maximum absolute atomic E-state index is 14.4. The van der Waals surface area contributed by atoms with Crippen molar-refractivity contribution < 1.29 is 99.1 Å². The number of hydrogen-bond donors (Lipinski definition) is 8. The third-order valence-corrected chi connectivity index (χ3v) is 19.7. The maximum Gasteiger partial charge on any atom is 0.410 e. The van der Waals surface area contributed by atoms with Gasteiger partial charge in [0.2, 0.25) is 29.5 Å². The van der Waals surface area contributed by atoms with E-state index in [-0.39, 0.29) is 124 Å². The molecule has 1 saturated carbocycles. The molecule has 4 aliphatic rings. The van der Waals surface area contributed by atoms with E-state index in [1.54, 1.807) is 69.5 Å². The van der Waals surface area contributed by atoms with Crippen LogP contribution in [0.4, 0.5) is 16.4 Å². The molecule has 34 nitrogen and oxygen atoms in total. The lowest BCUT2D eigenvalue weighted by atomic mass is 10.0. The Kier molecular flexibility index (Phi) is 28.5. The molecule has 0 spiro atoms. The molecule has 3 fully saturated rings. The zero-order valence-electron chi connectivity index (χ0n) is 55.7. The topological polar surface area (TPSA) is 419 Å². The Bertz CT molecular complexity index is 3860. The molecule has 0 unspecified atom stereocenters. The molecular formula is C63H82N12O22P2S2. The smallest absolute Gasteiger partial charge is 0.410 e. The zero-order chi connectivity index (χ0) is 72.2. The molecule has 3 aromatic heterocycles. The fourth-order valence-electron chi connectivity index (χ4n) is 11.1. The minimum atomic E-state index is -4.42. The number of methoxy groups -OCH3 is 1. The summed E-state index contributed by atoms with van der Waals surface area (Å²) in [6.07, 6.45) is 0.261. The molecular weight excluding hydrogens is 1400 g/mol. The summed E-state index contributed by atoms with van der Waals surface area (Å²) in [5.41, 5.74) is -0.0105. The number of nitrogens with zero attached hydrogens (tertiary/aromatic N) is 7. The first-order chi connectivity index (χ1) is 48.4. The lowest BCUT2D eigenvalue weighted by molar-refractivity contribution is -0.137. The molecule has 9 rings (SSSR count). The van der Waals surface area contributed by atoms with Crippen LogP contribution in [0.5, 0.6) is 5.88 Å². The Hall–Kier alpha value is -7.54. The largest absolute Gasteiger partial charge is 0.474 e. The molecule has 2 aromatic carbocycles. The van der Waals surface area contributed by atoms with Gasteiger partial charge in [-0.15, -0.1) is 0 Å². The van der Waals surface area contributed by atoms with E-state index in [4.69, 9.17) is 51.3 Å². The first kappa shape index (κ1) is 77.6. The Balaban J connectivity index is 0.820. The van der Waals surface area contributed by atoms with Crippen LogP contribution in [0.3, 0.4) is 0 Å². The van der Waals surface area contributed by atoms with Crippen molar-refractivity contribution in [1.82, 2.24) is 49.9 Å². The zero-order valence-corrected chi connectivity index (χ0v) is 59.3. The van der Waals surface area contributed by atoms with Gasteiger partial charge in [-0.3, -0.25) is 66.9 Å². The van der Waals surface area contributed by atoms with E-state index < -0.39 is 104 Å². The summed E-state index contributed by atoms with van der Waals surface area (Å²) in [7, 11) is 1.57. The molecule has 11 atom stereocenters. The van der Waals surface area contributed by atoms with Gasteiger partial charge in [0.15, 0.2) is 17.4 Å². The van der Waals surface area contributed by atoms with Crippen molar-refractivity contribution >= 4 is 102 Å². The number of thiol groups is 2. The van der Waals surface area contributed by atoms with Gasteiger partial charge in [0, 0.05) is 81.2 Å². The Morgan fingerprint density at radius 3 is 2.22 bits per heavy atom. The number of unbranched alkanes of at least 4 members (excludes halogenated alkanes) is 2. The Morgan fingerprint density at radius 1 is 0.802 bits per heavy atom. The number of imidazole rings is 1. The highest BCUT2D eigenvalue weighted by atomic mass is 32.7. The van der Waals surface area contributed by atoms with Crippen molar-refractivity contribution in [3.8, 4) is 5.88 Å². The highest BCUT2D eigenvalue weighted by Gasteiger charge is 2.51. The van der Waals surface area contributed by atoms with Gasteiger partial charge >= 0.3 is 19.7 Å². The molecule has 3 aliphatic heterocycles. The number of carbonyl (C=O) groups excluding carboxylic acids is 7. The van der Waals surface area contributed by atoms with Crippen molar-refractivity contribution in [2.24, 2.45) is 11.8 Å². The summed E-state index contributed by atoms with van der Waals surface area (Å²) < 4.78 is 92.2. The van der Waals surface area contributed by atoms with E-state index in [0.717, 1.165) is 11.2 Å². The number of nitrogens with one attached hydrogen (secondary N) is 5. The molecule has 5 aromatic rings. The Labute approximate surface area is 590 Å². The van der Waals surface area contributed by atoms with Gasteiger partial charge in [0.1, 0.15) is 49.4 Å². The van der Waals surface area contributed by atoms with Gasteiger partial charge in [0.25, 0.3) is 23.3 Å². The summed E-state index contributed by atoms with van der Waals surface area (Å²) >= 11 is 8.47. The molecule has 0 radical (unpaired) electrons. The number of imide groups is 1. The van der Waals surface area contributed by atoms with Crippen LogP contribution in [0.2, 0.25) is 0 Å². The highest BCUT2D eigenvalue weighted by Crippen LogP contribution is 2.60. The minimum Gasteiger partial charge on any atom is -0.474 e. The second-order valence-corrected chi connectivity index (χ2v) is 29.9. The van der Waals surface area contributed by atoms with Crippen LogP contribution >= 0.6 is 38.1 Å². The average Bonchev–Trinajstić information content (AvgIpc) is 1.61. The standard InChI is InChI=1S/C63H82N12O22P2S2/c1-38(2)52(69-48(76)12-6-5-9-21-74-50(77)17-18-51(74)78)59(82)67-39(3)57(80)68-43-15-13-40(14-16-43)33-91-63(84)73(22-23-88-26-27-90-29-28-89-25-24-87-4)32-41-10-7-8-11-45(41)58(81)71-62-70-56-53(60(83)72-62)66-37-75(56)61-55-54(79)47(95-61)35-93-98(85,100)96-46-31-44(94-49-19-20-64-36-65-49)30-42(46)34-92-99(86,101)97-55/h7-8,10-11,13-20,36-39,42,44,46-47,52,54-55,61,79H,5-6,9,12,21-35H2,1-4H3,(H,67,82)(H,68,80)(H,69,76)(H,85,100)(H,86,101)(H2,70,71,72,81,83)/t39-,42+,44+,46-,47+,52-,54+,55+,61+,98+,99+/m0/s1. The van der Waals surface area contributed by atoms with Crippen LogP contribution in [0.15, 0.2) is 90.4 Å². The summed E-state index contributed by atoms with van der Waals surface area (Å²) in [4.78, 5) is 127. The number of benzene rings is 2. The number of aromatic nitrogens is 6. The SMILES string of the molecule is COCCOCCOCCOCCN(Cc1ccccc1C(=O)Nc1nc2c(ncn2[C@@H]2O[C@@H]3CO[P@@](=O)(S)O[C@H]4C[C@H](Oc5ccncn5)C[C@@H]4CO[P@@](=O)(S)O[C@@H]2[C@@H]3O)c(=O)[nH]1)C(=O)OCc1ccc(NC(=O)[C@H](C)NC(=O)[C@@H](NC(=O)CCCCCN2C(=O)C=CC2=O)C(C)C)cc1. The van der Waals surface area contributed by atoms with Crippen molar-refractivity contribution in [3.05, 3.63) is 113 Å². The predicted octanol–water partition coefficient (Wildman–Crippen LogP) is 5.08. The lowest BCUT2D eigenvalue weighted by Crippen LogP contribution is -2.53. The summed E-state index contributed by atoms with van der Waals surface area (Å²) in [6, 6.07) is 12.3. The third-order valence-electron chi connectivity index (χ3n) is 16.4. The molecule has 6 heterocycles. The van der Waals surface area contributed by atoms with Crippen molar-refractivity contribution in [1.29, 1.82) is 0 Å². The number of hydrogen-bond acceptors (Lipinski definition) is 26. The normalized spacial score (nSPS) is 23.5. The van der Waals surface area contributed by atoms with Crippen LogP contribution in [0, 0.1) is 11.8 Å². The summed E-state index contributed by atoms with van der Waals surface area (Å²) in [5.74, 6) is -4.01. The number of aliphatic hydroxyl groups is 1. The second-order valence-electron chi connectivity index (χ2n) is 24.2. The number of fused-ring (bicyclic) bond motifs is 4. The van der Waals surface area contributed by atoms with Gasteiger partial charge < -0.3 is 63.6 Å². The predicted molar refractivity (Wildman–Crippen MR) is 365 cm³/mol. The molecule has 6 N–H and O–H groups in total. The molecule has 101 heavy (non-hydrogen) atoms.